The molecular weight excluding hydrogens is 210 g/mol. The van der Waals surface area contributed by atoms with Gasteiger partial charge >= 0.3 is 0 Å². The van der Waals surface area contributed by atoms with Crippen molar-refractivity contribution in [2.45, 2.75) is 51.2 Å². The molecule has 0 aromatic heterocycles. The maximum Gasteiger partial charge on any atom is 0.120 e. The van der Waals surface area contributed by atoms with E-state index in [-0.39, 0.29) is 5.60 Å². The summed E-state index contributed by atoms with van der Waals surface area (Å²) in [7, 11) is 0. The van der Waals surface area contributed by atoms with E-state index >= 15 is 0 Å². The molecule has 0 amide bonds. The second-order valence-electron chi connectivity index (χ2n) is 5.62. The van der Waals surface area contributed by atoms with E-state index in [1.54, 1.807) is 0 Å². The van der Waals surface area contributed by atoms with Crippen molar-refractivity contribution in [2.24, 2.45) is 0 Å². The average Bonchev–Trinajstić information content (AvgIpc) is 2.76. The maximum absolute atomic E-state index is 6.20. The van der Waals surface area contributed by atoms with Crippen molar-refractivity contribution in [3.8, 4) is 5.75 Å². The number of hydrogen-bond donors (Lipinski definition) is 1. The van der Waals surface area contributed by atoms with Gasteiger partial charge in [0.25, 0.3) is 0 Å². The largest absolute Gasteiger partial charge is 0.488 e. The second kappa shape index (κ2) is 4.34. The zero-order valence-electron chi connectivity index (χ0n) is 10.6. The van der Waals surface area contributed by atoms with Crippen molar-refractivity contribution in [3.63, 3.8) is 0 Å². The zero-order valence-corrected chi connectivity index (χ0v) is 10.6. The van der Waals surface area contributed by atoms with Crippen LogP contribution in [0.25, 0.3) is 0 Å². The van der Waals surface area contributed by atoms with E-state index < -0.39 is 0 Å². The third-order valence-electron chi connectivity index (χ3n) is 4.09. The molecule has 1 heterocycles. The van der Waals surface area contributed by atoms with Crippen molar-refractivity contribution in [3.05, 3.63) is 29.3 Å². The first-order valence-electron chi connectivity index (χ1n) is 6.77. The van der Waals surface area contributed by atoms with Gasteiger partial charge in [-0.3, -0.25) is 0 Å². The Labute approximate surface area is 103 Å². The molecule has 92 valence electrons. The van der Waals surface area contributed by atoms with E-state index in [9.17, 15) is 0 Å². The highest BCUT2D eigenvalue weighted by Crippen LogP contribution is 2.34. The lowest BCUT2D eigenvalue weighted by Gasteiger charge is -2.27. The van der Waals surface area contributed by atoms with Gasteiger partial charge in [0.15, 0.2) is 0 Å². The van der Waals surface area contributed by atoms with E-state index in [0.717, 1.165) is 25.3 Å². The van der Waals surface area contributed by atoms with Crippen LogP contribution in [0.2, 0.25) is 0 Å². The van der Waals surface area contributed by atoms with Gasteiger partial charge in [-0.05, 0) is 68.8 Å². The van der Waals surface area contributed by atoms with Crippen LogP contribution in [0.5, 0.6) is 5.75 Å². The van der Waals surface area contributed by atoms with Crippen LogP contribution in [0.4, 0.5) is 0 Å². The molecule has 0 spiro atoms. The average molecular weight is 231 g/mol. The van der Waals surface area contributed by atoms with Crippen LogP contribution in [0, 0.1) is 0 Å². The topological polar surface area (TPSA) is 21.3 Å². The van der Waals surface area contributed by atoms with Gasteiger partial charge in [0.1, 0.15) is 11.4 Å². The molecule has 17 heavy (non-hydrogen) atoms. The molecule has 2 aliphatic rings. The minimum Gasteiger partial charge on any atom is -0.488 e. The molecule has 1 aliphatic heterocycles. The molecule has 0 bridgehead atoms. The molecule has 0 saturated heterocycles. The molecule has 1 aromatic carbocycles. The van der Waals surface area contributed by atoms with E-state index in [4.69, 9.17) is 4.74 Å². The van der Waals surface area contributed by atoms with Gasteiger partial charge in [0, 0.05) is 6.54 Å². The third kappa shape index (κ3) is 2.32. The first-order valence-corrected chi connectivity index (χ1v) is 6.77. The summed E-state index contributed by atoms with van der Waals surface area (Å²) in [6.45, 7) is 4.34. The number of ether oxygens (including phenoxy) is 1. The number of nitrogens with one attached hydrogen (secondary N) is 1. The molecule has 3 rings (SSSR count). The highest BCUT2D eigenvalue weighted by Gasteiger charge is 2.30. The van der Waals surface area contributed by atoms with Gasteiger partial charge in [-0.1, -0.05) is 6.07 Å². The molecule has 0 unspecified atom stereocenters. The van der Waals surface area contributed by atoms with Gasteiger partial charge < -0.3 is 10.1 Å². The maximum atomic E-state index is 6.20. The Balaban J connectivity index is 1.79. The summed E-state index contributed by atoms with van der Waals surface area (Å²) in [6.07, 6.45) is 6.16. The molecule has 0 radical (unpaired) electrons. The number of rotatable bonds is 2. The molecule has 2 nitrogen and oxygen atoms in total. The minimum atomic E-state index is 0.0797. The van der Waals surface area contributed by atoms with Crippen LogP contribution >= 0.6 is 0 Å². The zero-order chi connectivity index (χ0) is 11.7. The number of benzene rings is 1. The first kappa shape index (κ1) is 11.1. The predicted octanol–water partition coefficient (Wildman–Crippen LogP) is 3.04. The Morgan fingerprint density at radius 1 is 1.18 bits per heavy atom. The fourth-order valence-corrected chi connectivity index (χ4v) is 3.03. The lowest BCUT2D eigenvalue weighted by molar-refractivity contribution is 0.0966. The van der Waals surface area contributed by atoms with Crippen molar-refractivity contribution in [1.29, 1.82) is 0 Å². The normalized spacial score (nSPS) is 22.2. The van der Waals surface area contributed by atoms with Crippen LogP contribution in [0.3, 0.4) is 0 Å². The van der Waals surface area contributed by atoms with E-state index in [1.165, 1.54) is 36.8 Å². The lowest BCUT2D eigenvalue weighted by atomic mass is 10.0. The smallest absolute Gasteiger partial charge is 0.120 e. The number of hydrogen-bond acceptors (Lipinski definition) is 2. The second-order valence-corrected chi connectivity index (χ2v) is 5.62. The standard InChI is InChI=1S/C15H21NO/c1-15(7-2-3-8-15)17-14-5-4-12-6-9-16-11-13(12)10-14/h4-5,10,16H,2-3,6-9,11H2,1H3. The molecule has 1 fully saturated rings. The molecule has 1 aliphatic carbocycles. The third-order valence-corrected chi connectivity index (χ3v) is 4.09. The van der Waals surface area contributed by atoms with Gasteiger partial charge in [-0.25, -0.2) is 0 Å². The Kier molecular flexibility index (Phi) is 2.83. The van der Waals surface area contributed by atoms with Crippen LogP contribution in [-0.4, -0.2) is 12.1 Å². The monoisotopic (exact) mass is 231 g/mol. The van der Waals surface area contributed by atoms with Gasteiger partial charge in [-0.2, -0.15) is 0 Å². The van der Waals surface area contributed by atoms with Crippen LogP contribution in [0.1, 0.15) is 43.7 Å². The van der Waals surface area contributed by atoms with E-state index in [2.05, 4.69) is 30.4 Å². The van der Waals surface area contributed by atoms with Gasteiger partial charge in [0.2, 0.25) is 0 Å². The predicted molar refractivity (Wildman–Crippen MR) is 69.4 cm³/mol. The van der Waals surface area contributed by atoms with Gasteiger partial charge in [0.05, 0.1) is 0 Å². The molecular formula is C15H21NO. The summed E-state index contributed by atoms with van der Waals surface area (Å²) in [5.41, 5.74) is 2.97. The summed E-state index contributed by atoms with van der Waals surface area (Å²) < 4.78 is 6.20. The SMILES string of the molecule is CC1(Oc2ccc3c(c2)CNCC3)CCCC1. The number of fused-ring (bicyclic) bond motifs is 1. The van der Waals surface area contributed by atoms with E-state index in [1.807, 2.05) is 0 Å². The Morgan fingerprint density at radius 2 is 2.00 bits per heavy atom. The fraction of sp³-hybridized carbons (Fsp3) is 0.600. The van der Waals surface area contributed by atoms with Crippen molar-refractivity contribution in [1.82, 2.24) is 5.32 Å². The molecule has 2 heteroatoms. The molecule has 1 saturated carbocycles. The van der Waals surface area contributed by atoms with E-state index in [0.29, 0.717) is 0 Å². The van der Waals surface area contributed by atoms with Crippen LogP contribution in [-0.2, 0) is 13.0 Å². The lowest BCUT2D eigenvalue weighted by Crippen LogP contribution is -2.28. The molecule has 0 atom stereocenters. The Hall–Kier alpha value is -1.02. The summed E-state index contributed by atoms with van der Waals surface area (Å²) in [5.74, 6) is 1.05. The fourth-order valence-electron chi connectivity index (χ4n) is 3.03. The highest BCUT2D eigenvalue weighted by molar-refractivity contribution is 5.37. The highest BCUT2D eigenvalue weighted by atomic mass is 16.5. The summed E-state index contributed by atoms with van der Waals surface area (Å²) >= 11 is 0. The van der Waals surface area contributed by atoms with Crippen LogP contribution in [0.15, 0.2) is 18.2 Å². The van der Waals surface area contributed by atoms with Crippen molar-refractivity contribution in [2.75, 3.05) is 6.54 Å². The van der Waals surface area contributed by atoms with Crippen molar-refractivity contribution < 1.29 is 4.74 Å². The van der Waals surface area contributed by atoms with Crippen molar-refractivity contribution >= 4 is 0 Å². The molecule has 1 aromatic rings. The minimum absolute atomic E-state index is 0.0797. The molecule has 1 N–H and O–H groups in total. The van der Waals surface area contributed by atoms with Crippen LogP contribution < -0.4 is 10.1 Å². The summed E-state index contributed by atoms with van der Waals surface area (Å²) in [4.78, 5) is 0. The Morgan fingerprint density at radius 3 is 2.82 bits per heavy atom. The summed E-state index contributed by atoms with van der Waals surface area (Å²) in [6, 6.07) is 6.61. The van der Waals surface area contributed by atoms with Gasteiger partial charge in [-0.15, -0.1) is 0 Å². The quantitative estimate of drug-likeness (QED) is 0.844. The Bertz CT molecular complexity index is 407. The summed E-state index contributed by atoms with van der Waals surface area (Å²) in [5, 5.41) is 3.42. The first-order chi connectivity index (χ1) is 8.25.